The van der Waals surface area contributed by atoms with Crippen molar-refractivity contribution in [1.82, 2.24) is 10.5 Å². The maximum Gasteiger partial charge on any atom is 0.344 e. The molecule has 28 heavy (non-hydrogen) atoms. The summed E-state index contributed by atoms with van der Waals surface area (Å²) in [6, 6.07) is 5.58. The van der Waals surface area contributed by atoms with E-state index in [9.17, 15) is 14.4 Å². The van der Waals surface area contributed by atoms with Crippen LogP contribution in [0.25, 0.3) is 0 Å². The third-order valence-electron chi connectivity index (χ3n) is 4.28. The van der Waals surface area contributed by atoms with Gasteiger partial charge in [0.05, 0.1) is 12.2 Å². The zero-order valence-electron chi connectivity index (χ0n) is 16.7. The highest BCUT2D eigenvalue weighted by atomic mass is 16.5. The van der Waals surface area contributed by atoms with E-state index in [0.29, 0.717) is 17.1 Å². The fraction of sp³-hybridized carbons (Fsp3) is 0.400. The highest BCUT2D eigenvalue weighted by Crippen LogP contribution is 2.23. The number of aryl methyl sites for hydroxylation is 2. The molecule has 0 unspecified atom stereocenters. The van der Waals surface area contributed by atoms with Crippen LogP contribution < -0.4 is 10.6 Å². The molecule has 0 aliphatic rings. The summed E-state index contributed by atoms with van der Waals surface area (Å²) in [5.41, 5.74) is 3.34. The molecule has 0 saturated carbocycles. The molecule has 2 aromatic rings. The number of carbonyl (C=O) groups is 3. The van der Waals surface area contributed by atoms with Crippen molar-refractivity contribution < 1.29 is 23.6 Å². The Kier molecular flexibility index (Phi) is 6.92. The summed E-state index contributed by atoms with van der Waals surface area (Å²) in [5, 5.41) is 8.93. The smallest absolute Gasteiger partial charge is 0.344 e. The van der Waals surface area contributed by atoms with E-state index in [4.69, 9.17) is 9.26 Å². The molecule has 2 rings (SSSR count). The Bertz CT molecular complexity index is 886. The van der Waals surface area contributed by atoms with Gasteiger partial charge < -0.3 is 19.9 Å². The monoisotopic (exact) mass is 387 g/mol. The van der Waals surface area contributed by atoms with Crippen molar-refractivity contribution in [2.75, 3.05) is 18.5 Å². The summed E-state index contributed by atoms with van der Waals surface area (Å²) in [7, 11) is 0. The lowest BCUT2D eigenvalue weighted by atomic mass is 10.1. The van der Waals surface area contributed by atoms with E-state index in [1.165, 1.54) is 0 Å². The molecule has 1 aromatic heterocycles. The molecule has 150 valence electrons. The summed E-state index contributed by atoms with van der Waals surface area (Å²) in [4.78, 5) is 36.1. The van der Waals surface area contributed by atoms with Gasteiger partial charge in [-0.3, -0.25) is 9.59 Å². The van der Waals surface area contributed by atoms with Crippen LogP contribution in [0.4, 0.5) is 5.69 Å². The molecule has 1 aromatic carbocycles. The minimum absolute atomic E-state index is 0.0497. The van der Waals surface area contributed by atoms with E-state index in [1.54, 1.807) is 13.0 Å². The molecule has 0 aliphatic heterocycles. The van der Waals surface area contributed by atoms with Crippen LogP contribution in [0.1, 0.15) is 52.7 Å². The molecule has 8 nitrogen and oxygen atoms in total. The van der Waals surface area contributed by atoms with Crippen molar-refractivity contribution in [3.63, 3.8) is 0 Å². The summed E-state index contributed by atoms with van der Waals surface area (Å²) in [5.74, 6) is -1.27. The van der Waals surface area contributed by atoms with Crippen molar-refractivity contribution in [1.29, 1.82) is 0 Å². The molecule has 2 N–H and O–H groups in total. The molecular formula is C20H25N3O5. The molecule has 0 atom stereocenters. The van der Waals surface area contributed by atoms with Crippen molar-refractivity contribution >= 4 is 23.5 Å². The molecule has 0 fully saturated rings. The Labute approximate surface area is 163 Å². The lowest BCUT2D eigenvalue weighted by Gasteiger charge is -2.11. The first-order chi connectivity index (χ1) is 13.2. The SMILES string of the molecule is Cc1cccc(NC(=O)CNC(=O)COC(=O)c2c(C)noc2C(C)C)c1C. The van der Waals surface area contributed by atoms with Gasteiger partial charge in [-0.1, -0.05) is 31.1 Å². The lowest BCUT2D eigenvalue weighted by Crippen LogP contribution is -2.35. The predicted molar refractivity (Wildman–Crippen MR) is 103 cm³/mol. The van der Waals surface area contributed by atoms with Crippen molar-refractivity contribution in [3.8, 4) is 0 Å². The number of esters is 1. The maximum absolute atomic E-state index is 12.2. The van der Waals surface area contributed by atoms with E-state index >= 15 is 0 Å². The Balaban J connectivity index is 1.83. The molecule has 0 radical (unpaired) electrons. The van der Waals surface area contributed by atoms with Gasteiger partial charge in [0.2, 0.25) is 5.91 Å². The average molecular weight is 387 g/mol. The van der Waals surface area contributed by atoms with E-state index in [0.717, 1.165) is 11.1 Å². The number of nitrogens with zero attached hydrogens (tertiary/aromatic N) is 1. The maximum atomic E-state index is 12.2. The molecule has 1 heterocycles. The van der Waals surface area contributed by atoms with Crippen molar-refractivity contribution in [2.24, 2.45) is 0 Å². The molecular weight excluding hydrogens is 362 g/mol. The summed E-state index contributed by atoms with van der Waals surface area (Å²) >= 11 is 0. The second-order valence-corrected chi connectivity index (χ2v) is 6.81. The third kappa shape index (κ3) is 5.18. The van der Waals surface area contributed by atoms with Crippen molar-refractivity contribution in [3.05, 3.63) is 46.3 Å². The van der Waals surface area contributed by atoms with Crippen LogP contribution in [0.5, 0.6) is 0 Å². The van der Waals surface area contributed by atoms with Crippen LogP contribution in [0.2, 0.25) is 0 Å². The largest absolute Gasteiger partial charge is 0.452 e. The molecule has 0 aliphatic carbocycles. The number of benzene rings is 1. The number of hydrogen-bond acceptors (Lipinski definition) is 6. The van der Waals surface area contributed by atoms with Gasteiger partial charge in [0.25, 0.3) is 5.91 Å². The van der Waals surface area contributed by atoms with Gasteiger partial charge in [-0.05, 0) is 38.0 Å². The number of hydrogen-bond donors (Lipinski definition) is 2. The van der Waals surface area contributed by atoms with E-state index < -0.39 is 18.5 Å². The second-order valence-electron chi connectivity index (χ2n) is 6.81. The number of aromatic nitrogens is 1. The Morgan fingerprint density at radius 2 is 1.86 bits per heavy atom. The molecule has 0 bridgehead atoms. The van der Waals surface area contributed by atoms with Crippen LogP contribution in [-0.2, 0) is 14.3 Å². The van der Waals surface area contributed by atoms with Crippen LogP contribution in [0.15, 0.2) is 22.7 Å². The molecule has 0 spiro atoms. The molecule has 0 saturated heterocycles. The minimum Gasteiger partial charge on any atom is -0.452 e. The van der Waals surface area contributed by atoms with Gasteiger partial charge >= 0.3 is 5.97 Å². The number of rotatable bonds is 7. The van der Waals surface area contributed by atoms with Gasteiger partial charge in [-0.2, -0.15) is 0 Å². The number of carbonyl (C=O) groups excluding carboxylic acids is 3. The van der Waals surface area contributed by atoms with Gasteiger partial charge in [0.1, 0.15) is 5.56 Å². The highest BCUT2D eigenvalue weighted by molar-refractivity contribution is 5.96. The Hall–Kier alpha value is -3.16. The number of nitrogens with one attached hydrogen (secondary N) is 2. The van der Waals surface area contributed by atoms with Crippen LogP contribution in [-0.4, -0.2) is 36.1 Å². The standard InChI is InChI=1S/C20H25N3O5/c1-11(2)19-18(14(5)23-28-19)20(26)27-10-17(25)21-9-16(24)22-15-8-6-7-12(3)13(15)4/h6-8,11H,9-10H2,1-5H3,(H,21,25)(H,22,24). The lowest BCUT2D eigenvalue weighted by molar-refractivity contribution is -0.126. The van der Waals surface area contributed by atoms with Gasteiger partial charge in [-0.25, -0.2) is 4.79 Å². The van der Waals surface area contributed by atoms with Crippen LogP contribution in [0.3, 0.4) is 0 Å². The van der Waals surface area contributed by atoms with E-state index in [2.05, 4.69) is 15.8 Å². The number of anilines is 1. The summed E-state index contributed by atoms with van der Waals surface area (Å²) in [6.45, 7) is 8.47. The summed E-state index contributed by atoms with van der Waals surface area (Å²) < 4.78 is 10.2. The fourth-order valence-electron chi connectivity index (χ4n) is 2.54. The fourth-order valence-corrected chi connectivity index (χ4v) is 2.54. The first-order valence-corrected chi connectivity index (χ1v) is 8.96. The predicted octanol–water partition coefficient (Wildman–Crippen LogP) is 2.63. The molecule has 8 heteroatoms. The first kappa shape index (κ1) is 21.1. The topological polar surface area (TPSA) is 111 Å². The van der Waals surface area contributed by atoms with Crippen molar-refractivity contribution in [2.45, 2.75) is 40.5 Å². The van der Waals surface area contributed by atoms with Crippen LogP contribution in [0, 0.1) is 20.8 Å². The number of amides is 2. The zero-order valence-corrected chi connectivity index (χ0v) is 16.7. The summed E-state index contributed by atoms with van der Waals surface area (Å²) in [6.07, 6.45) is 0. The third-order valence-corrected chi connectivity index (χ3v) is 4.28. The van der Waals surface area contributed by atoms with Gasteiger partial charge in [0, 0.05) is 11.6 Å². The normalized spacial score (nSPS) is 10.6. The average Bonchev–Trinajstić information content (AvgIpc) is 3.03. The zero-order chi connectivity index (χ0) is 20.8. The van der Waals surface area contributed by atoms with Crippen LogP contribution >= 0.6 is 0 Å². The quantitative estimate of drug-likeness (QED) is 0.707. The first-order valence-electron chi connectivity index (χ1n) is 8.96. The van der Waals surface area contributed by atoms with Gasteiger partial charge in [-0.15, -0.1) is 0 Å². The Morgan fingerprint density at radius 3 is 2.54 bits per heavy atom. The highest BCUT2D eigenvalue weighted by Gasteiger charge is 2.24. The van der Waals surface area contributed by atoms with E-state index in [1.807, 2.05) is 39.8 Å². The van der Waals surface area contributed by atoms with Gasteiger partial charge in [0.15, 0.2) is 12.4 Å². The molecule has 2 amide bonds. The Morgan fingerprint density at radius 1 is 1.14 bits per heavy atom. The van der Waals surface area contributed by atoms with E-state index in [-0.39, 0.29) is 23.9 Å². The number of ether oxygens (including phenoxy) is 1. The minimum atomic E-state index is -0.683. The second kappa shape index (κ2) is 9.16.